The molecule has 6 heteroatoms. The smallest absolute Gasteiger partial charge is 0.221 e. The summed E-state index contributed by atoms with van der Waals surface area (Å²) in [6.45, 7) is 8.12. The summed E-state index contributed by atoms with van der Waals surface area (Å²) in [7, 11) is 0. The number of nitrogens with zero attached hydrogens (tertiary/aromatic N) is 3. The molecule has 19 heavy (non-hydrogen) atoms. The van der Waals surface area contributed by atoms with Crippen LogP contribution in [0.15, 0.2) is 23.1 Å². The van der Waals surface area contributed by atoms with Gasteiger partial charge < -0.3 is 9.73 Å². The van der Waals surface area contributed by atoms with E-state index in [1.807, 2.05) is 20.8 Å². The van der Waals surface area contributed by atoms with Crippen molar-refractivity contribution in [3.8, 4) is 0 Å². The number of aromatic nitrogens is 3. The van der Waals surface area contributed by atoms with Crippen LogP contribution in [0.5, 0.6) is 0 Å². The van der Waals surface area contributed by atoms with Crippen molar-refractivity contribution in [3.05, 3.63) is 30.2 Å². The van der Waals surface area contributed by atoms with Gasteiger partial charge in [0.05, 0.1) is 18.4 Å². The molecule has 0 fully saturated rings. The summed E-state index contributed by atoms with van der Waals surface area (Å²) >= 11 is 0. The number of hydrogen-bond acceptors (Lipinski definition) is 4. The fourth-order valence-corrected chi connectivity index (χ4v) is 1.61. The van der Waals surface area contributed by atoms with Crippen LogP contribution in [0.4, 0.5) is 5.69 Å². The molecule has 102 valence electrons. The molecule has 0 saturated heterocycles. The first-order valence-corrected chi connectivity index (χ1v) is 6.09. The van der Waals surface area contributed by atoms with E-state index < -0.39 is 0 Å². The van der Waals surface area contributed by atoms with Crippen molar-refractivity contribution in [3.63, 3.8) is 0 Å². The van der Waals surface area contributed by atoms with E-state index in [1.165, 1.54) is 6.92 Å². The Hall–Kier alpha value is -2.11. The number of amides is 1. The molecule has 2 aromatic heterocycles. The van der Waals surface area contributed by atoms with Crippen molar-refractivity contribution in [2.75, 3.05) is 5.32 Å². The lowest BCUT2D eigenvalue weighted by Gasteiger charge is -2.11. The van der Waals surface area contributed by atoms with Crippen LogP contribution >= 0.6 is 0 Å². The molecule has 0 saturated carbocycles. The Kier molecular flexibility index (Phi) is 3.42. The maximum absolute atomic E-state index is 10.9. The van der Waals surface area contributed by atoms with Gasteiger partial charge in [-0.15, -0.1) is 0 Å². The van der Waals surface area contributed by atoms with Crippen LogP contribution in [0.1, 0.15) is 39.3 Å². The SMILES string of the molecule is CC(=O)Nc1cnn(Cc2coc(C(C)(C)C)n2)c1. The van der Waals surface area contributed by atoms with E-state index in [1.54, 1.807) is 23.3 Å². The van der Waals surface area contributed by atoms with Crippen molar-refractivity contribution in [1.82, 2.24) is 14.8 Å². The van der Waals surface area contributed by atoms with Crippen LogP contribution in [-0.4, -0.2) is 20.7 Å². The second-order valence-electron chi connectivity index (χ2n) is 5.50. The predicted octanol–water partition coefficient (Wildman–Crippen LogP) is 2.18. The Balaban J connectivity index is 2.07. The molecule has 0 aliphatic heterocycles. The number of anilines is 1. The second kappa shape index (κ2) is 4.87. The van der Waals surface area contributed by atoms with E-state index in [-0.39, 0.29) is 11.3 Å². The molecule has 0 aromatic carbocycles. The molecule has 0 spiro atoms. The first-order chi connectivity index (χ1) is 8.84. The Labute approximate surface area is 111 Å². The molecule has 0 radical (unpaired) electrons. The summed E-state index contributed by atoms with van der Waals surface area (Å²) in [5.74, 6) is 0.591. The molecule has 1 N–H and O–H groups in total. The van der Waals surface area contributed by atoms with Gasteiger partial charge in [-0.1, -0.05) is 20.8 Å². The average Bonchev–Trinajstić information content (AvgIpc) is 2.86. The highest BCUT2D eigenvalue weighted by atomic mass is 16.3. The first-order valence-electron chi connectivity index (χ1n) is 6.09. The Bertz CT molecular complexity index is 577. The topological polar surface area (TPSA) is 73.0 Å². The van der Waals surface area contributed by atoms with Gasteiger partial charge in [0.15, 0.2) is 5.89 Å². The third-order valence-electron chi connectivity index (χ3n) is 2.47. The molecule has 0 aliphatic rings. The van der Waals surface area contributed by atoms with Gasteiger partial charge >= 0.3 is 0 Å². The highest BCUT2D eigenvalue weighted by Crippen LogP contribution is 2.21. The summed E-state index contributed by atoms with van der Waals surface area (Å²) in [5.41, 5.74) is 1.37. The van der Waals surface area contributed by atoms with Gasteiger partial charge in [-0.3, -0.25) is 9.48 Å². The summed E-state index contributed by atoms with van der Waals surface area (Å²) in [6, 6.07) is 0. The minimum Gasteiger partial charge on any atom is -0.448 e. The van der Waals surface area contributed by atoms with Crippen molar-refractivity contribution in [1.29, 1.82) is 0 Å². The molecular weight excluding hydrogens is 244 g/mol. The minimum atomic E-state index is -0.115. The number of rotatable bonds is 3. The standard InChI is InChI=1S/C13H18N4O2/c1-9(18)15-10-5-14-17(6-10)7-11-8-19-12(16-11)13(2,3)4/h5-6,8H,7H2,1-4H3,(H,15,18). The lowest BCUT2D eigenvalue weighted by atomic mass is 9.97. The first kappa shape index (κ1) is 13.3. The Morgan fingerprint density at radius 1 is 1.47 bits per heavy atom. The molecular formula is C13H18N4O2. The largest absolute Gasteiger partial charge is 0.448 e. The lowest BCUT2D eigenvalue weighted by Crippen LogP contribution is -2.12. The minimum absolute atomic E-state index is 0.107. The van der Waals surface area contributed by atoms with Gasteiger partial charge in [0.1, 0.15) is 12.0 Å². The average molecular weight is 262 g/mol. The normalized spacial score (nSPS) is 11.6. The monoisotopic (exact) mass is 262 g/mol. The van der Waals surface area contributed by atoms with Gasteiger partial charge in [-0.2, -0.15) is 5.10 Å². The number of carbonyl (C=O) groups excluding carboxylic acids is 1. The summed E-state index contributed by atoms with van der Waals surface area (Å²) in [6.07, 6.45) is 5.00. The third kappa shape index (κ3) is 3.43. The van der Waals surface area contributed by atoms with Crippen LogP contribution < -0.4 is 5.32 Å². The van der Waals surface area contributed by atoms with Gasteiger partial charge in [-0.05, 0) is 0 Å². The Morgan fingerprint density at radius 2 is 2.21 bits per heavy atom. The van der Waals surface area contributed by atoms with Gasteiger partial charge in [0.25, 0.3) is 0 Å². The van der Waals surface area contributed by atoms with E-state index in [9.17, 15) is 4.79 Å². The van der Waals surface area contributed by atoms with Gasteiger partial charge in [0, 0.05) is 18.5 Å². The van der Waals surface area contributed by atoms with E-state index in [0.29, 0.717) is 18.1 Å². The predicted molar refractivity (Wildman–Crippen MR) is 70.8 cm³/mol. The highest BCUT2D eigenvalue weighted by molar-refractivity contribution is 5.88. The summed E-state index contributed by atoms with van der Waals surface area (Å²) in [5, 5.41) is 6.83. The zero-order valence-electron chi connectivity index (χ0n) is 11.6. The summed E-state index contributed by atoms with van der Waals surface area (Å²) in [4.78, 5) is 15.4. The zero-order valence-corrected chi connectivity index (χ0v) is 11.6. The van der Waals surface area contributed by atoms with Crippen molar-refractivity contribution >= 4 is 11.6 Å². The number of hydrogen-bond donors (Lipinski definition) is 1. The third-order valence-corrected chi connectivity index (χ3v) is 2.47. The van der Waals surface area contributed by atoms with Crippen LogP contribution in [0.25, 0.3) is 0 Å². The molecule has 1 amide bonds. The molecule has 0 aliphatic carbocycles. The van der Waals surface area contributed by atoms with Crippen LogP contribution in [0.3, 0.4) is 0 Å². The van der Waals surface area contributed by atoms with Crippen molar-refractivity contribution in [2.24, 2.45) is 0 Å². The fourth-order valence-electron chi connectivity index (χ4n) is 1.61. The lowest BCUT2D eigenvalue weighted by molar-refractivity contribution is -0.114. The van der Waals surface area contributed by atoms with E-state index in [2.05, 4.69) is 15.4 Å². The van der Waals surface area contributed by atoms with Crippen LogP contribution in [0.2, 0.25) is 0 Å². The molecule has 0 unspecified atom stereocenters. The Morgan fingerprint density at radius 3 is 2.79 bits per heavy atom. The van der Waals surface area contributed by atoms with Crippen molar-refractivity contribution < 1.29 is 9.21 Å². The second-order valence-corrected chi connectivity index (χ2v) is 5.50. The van der Waals surface area contributed by atoms with Crippen LogP contribution in [0, 0.1) is 0 Å². The van der Waals surface area contributed by atoms with Crippen molar-refractivity contribution in [2.45, 2.75) is 39.7 Å². The zero-order chi connectivity index (χ0) is 14.0. The maximum atomic E-state index is 10.9. The molecule has 0 atom stereocenters. The summed E-state index contributed by atoms with van der Waals surface area (Å²) < 4.78 is 7.15. The number of nitrogens with one attached hydrogen (secondary N) is 1. The van der Waals surface area contributed by atoms with Gasteiger partial charge in [0.2, 0.25) is 5.91 Å². The van der Waals surface area contributed by atoms with E-state index in [0.717, 1.165) is 5.69 Å². The highest BCUT2D eigenvalue weighted by Gasteiger charge is 2.20. The quantitative estimate of drug-likeness (QED) is 0.920. The molecule has 0 bridgehead atoms. The van der Waals surface area contributed by atoms with Gasteiger partial charge in [-0.25, -0.2) is 4.98 Å². The number of oxazole rings is 1. The molecule has 2 aromatic rings. The fraction of sp³-hybridized carbons (Fsp3) is 0.462. The molecule has 6 nitrogen and oxygen atoms in total. The molecule has 2 heterocycles. The van der Waals surface area contributed by atoms with E-state index in [4.69, 9.17) is 4.42 Å². The van der Waals surface area contributed by atoms with Crippen LogP contribution in [-0.2, 0) is 16.8 Å². The number of carbonyl (C=O) groups is 1. The molecule has 2 rings (SSSR count). The maximum Gasteiger partial charge on any atom is 0.221 e. The van der Waals surface area contributed by atoms with E-state index >= 15 is 0 Å².